The molecule has 0 saturated carbocycles. The summed E-state index contributed by atoms with van der Waals surface area (Å²) in [7, 11) is 0. The maximum absolute atomic E-state index is 13.9. The number of H-pyrrole nitrogens is 2. The lowest BCUT2D eigenvalue weighted by molar-refractivity contribution is 0.594. The third-order valence-electron chi connectivity index (χ3n) is 4.08. The van der Waals surface area contributed by atoms with Crippen molar-refractivity contribution in [2.45, 2.75) is 0 Å². The maximum atomic E-state index is 13.9. The quantitative estimate of drug-likeness (QED) is 0.741. The van der Waals surface area contributed by atoms with Crippen LogP contribution in [0.5, 0.6) is 0 Å². The zero-order valence-electron chi connectivity index (χ0n) is 12.3. The highest BCUT2D eigenvalue weighted by molar-refractivity contribution is 5.73. The van der Waals surface area contributed by atoms with Crippen molar-refractivity contribution < 1.29 is 4.39 Å². The molecular weight excluding hydrogens is 299 g/mol. The first-order chi connectivity index (χ1) is 11.2. The molecule has 1 fully saturated rings. The maximum Gasteiger partial charge on any atom is 0.263 e. The summed E-state index contributed by atoms with van der Waals surface area (Å²) in [5, 5.41) is 6.99. The Balaban J connectivity index is 1.55. The van der Waals surface area contributed by atoms with E-state index in [1.807, 2.05) is 15.9 Å². The largest absolute Gasteiger partial charge is 0.366 e. The number of piperazine rings is 1. The number of hydrogen-bond acceptors (Lipinski definition) is 5. The van der Waals surface area contributed by atoms with Gasteiger partial charge in [-0.3, -0.25) is 14.9 Å². The van der Waals surface area contributed by atoms with E-state index in [-0.39, 0.29) is 11.4 Å². The minimum absolute atomic E-state index is 0.213. The lowest BCUT2D eigenvalue weighted by atomic mass is 10.2. The van der Waals surface area contributed by atoms with Crippen molar-refractivity contribution >= 4 is 22.7 Å². The van der Waals surface area contributed by atoms with Gasteiger partial charge in [0.05, 0.1) is 11.9 Å². The van der Waals surface area contributed by atoms with E-state index >= 15 is 0 Å². The fraction of sp³-hybridized carbons (Fsp3) is 0.267. The van der Waals surface area contributed by atoms with Gasteiger partial charge in [-0.25, -0.2) is 4.39 Å². The molecule has 118 valence electrons. The molecule has 2 N–H and O–H groups in total. The van der Waals surface area contributed by atoms with Gasteiger partial charge in [-0.1, -0.05) is 12.1 Å². The number of anilines is 2. The highest BCUT2D eigenvalue weighted by atomic mass is 19.1. The van der Waals surface area contributed by atoms with Crippen LogP contribution in [0.15, 0.2) is 35.3 Å². The first-order valence-corrected chi connectivity index (χ1v) is 7.40. The Labute approximate surface area is 130 Å². The van der Waals surface area contributed by atoms with E-state index in [1.54, 1.807) is 12.1 Å². The molecule has 2 aromatic heterocycles. The minimum Gasteiger partial charge on any atom is -0.366 e. The number of benzene rings is 1. The molecule has 1 saturated heterocycles. The van der Waals surface area contributed by atoms with Gasteiger partial charge in [0, 0.05) is 26.2 Å². The third-order valence-corrected chi connectivity index (χ3v) is 4.08. The number of halogens is 1. The molecule has 4 rings (SSSR count). The van der Waals surface area contributed by atoms with Crippen LogP contribution in [0.3, 0.4) is 0 Å². The Hall–Kier alpha value is -2.90. The summed E-state index contributed by atoms with van der Waals surface area (Å²) in [4.78, 5) is 23.1. The molecule has 1 aliphatic rings. The molecule has 8 heteroatoms. The number of rotatable bonds is 2. The van der Waals surface area contributed by atoms with E-state index in [2.05, 4.69) is 20.2 Å². The van der Waals surface area contributed by atoms with Crippen molar-refractivity contribution in [3.05, 3.63) is 46.6 Å². The number of aromatic nitrogens is 4. The van der Waals surface area contributed by atoms with Gasteiger partial charge in [-0.05, 0) is 12.1 Å². The summed E-state index contributed by atoms with van der Waals surface area (Å²) in [6.07, 6.45) is 1.46. The Bertz CT molecular complexity index is 896. The molecule has 0 aliphatic carbocycles. The van der Waals surface area contributed by atoms with Gasteiger partial charge in [-0.15, -0.1) is 0 Å². The lowest BCUT2D eigenvalue weighted by Gasteiger charge is -2.36. The summed E-state index contributed by atoms with van der Waals surface area (Å²) < 4.78 is 13.9. The summed E-state index contributed by atoms with van der Waals surface area (Å²) in [5.41, 5.74) is 0.869. The number of fused-ring (bicyclic) bond motifs is 1. The number of hydrogen-bond donors (Lipinski definition) is 2. The molecule has 0 atom stereocenters. The van der Waals surface area contributed by atoms with E-state index in [0.717, 1.165) is 0 Å². The normalized spacial score (nSPS) is 15.3. The fourth-order valence-corrected chi connectivity index (χ4v) is 2.85. The molecule has 0 unspecified atom stereocenters. The van der Waals surface area contributed by atoms with Gasteiger partial charge < -0.3 is 9.80 Å². The van der Waals surface area contributed by atoms with Crippen LogP contribution in [0.4, 0.5) is 16.0 Å². The number of nitrogens with zero attached hydrogens (tertiary/aromatic N) is 4. The summed E-state index contributed by atoms with van der Waals surface area (Å²) in [5.74, 6) is 0.297. The molecule has 0 spiro atoms. The van der Waals surface area contributed by atoms with Crippen molar-refractivity contribution in [2.75, 3.05) is 36.0 Å². The average molecular weight is 314 g/mol. The molecule has 0 bridgehead atoms. The van der Waals surface area contributed by atoms with Crippen LogP contribution in [-0.4, -0.2) is 46.3 Å². The summed E-state index contributed by atoms with van der Waals surface area (Å²) >= 11 is 0. The second kappa shape index (κ2) is 5.38. The smallest absolute Gasteiger partial charge is 0.263 e. The van der Waals surface area contributed by atoms with Crippen molar-refractivity contribution in [1.82, 2.24) is 20.2 Å². The first-order valence-electron chi connectivity index (χ1n) is 7.40. The number of para-hydroxylation sites is 1. The zero-order chi connectivity index (χ0) is 15.8. The highest BCUT2D eigenvalue weighted by Crippen LogP contribution is 2.21. The summed E-state index contributed by atoms with van der Waals surface area (Å²) in [6.45, 7) is 2.62. The van der Waals surface area contributed by atoms with Crippen LogP contribution in [0.1, 0.15) is 0 Å². The highest BCUT2D eigenvalue weighted by Gasteiger charge is 2.21. The van der Waals surface area contributed by atoms with Crippen LogP contribution in [0, 0.1) is 5.82 Å². The van der Waals surface area contributed by atoms with Crippen LogP contribution >= 0.6 is 0 Å². The monoisotopic (exact) mass is 314 g/mol. The van der Waals surface area contributed by atoms with E-state index in [0.29, 0.717) is 48.8 Å². The van der Waals surface area contributed by atoms with Gasteiger partial charge in [-0.2, -0.15) is 10.1 Å². The Morgan fingerprint density at radius 2 is 1.83 bits per heavy atom. The second-order valence-corrected chi connectivity index (χ2v) is 5.45. The summed E-state index contributed by atoms with van der Waals surface area (Å²) in [6, 6.07) is 6.76. The van der Waals surface area contributed by atoms with Gasteiger partial charge in [0.15, 0.2) is 5.65 Å². The number of aromatic amines is 2. The van der Waals surface area contributed by atoms with Crippen molar-refractivity contribution in [1.29, 1.82) is 0 Å². The Morgan fingerprint density at radius 3 is 2.61 bits per heavy atom. The minimum atomic E-state index is -0.216. The standard InChI is InChI=1S/C15H15FN6O/c16-11-3-1-2-4-12(11)21-5-7-22(8-6-21)15-18-13-10(9-17-20-13)14(23)19-15/h1-4,9H,5-8H2,(H2,17,18,19,20,23). The topological polar surface area (TPSA) is 80.9 Å². The van der Waals surface area contributed by atoms with Crippen LogP contribution in [-0.2, 0) is 0 Å². The van der Waals surface area contributed by atoms with E-state index in [4.69, 9.17) is 0 Å². The lowest BCUT2D eigenvalue weighted by Crippen LogP contribution is -2.47. The molecule has 23 heavy (non-hydrogen) atoms. The predicted molar refractivity (Wildman–Crippen MR) is 85.3 cm³/mol. The Kier molecular flexibility index (Phi) is 3.22. The molecule has 1 aromatic carbocycles. The van der Waals surface area contributed by atoms with E-state index in [1.165, 1.54) is 12.3 Å². The van der Waals surface area contributed by atoms with Crippen LogP contribution in [0.2, 0.25) is 0 Å². The molecule has 1 aliphatic heterocycles. The zero-order valence-corrected chi connectivity index (χ0v) is 12.3. The average Bonchev–Trinajstić information content (AvgIpc) is 3.05. The van der Waals surface area contributed by atoms with Gasteiger partial charge in [0.2, 0.25) is 5.95 Å². The van der Waals surface area contributed by atoms with Gasteiger partial charge >= 0.3 is 0 Å². The molecule has 0 radical (unpaired) electrons. The second-order valence-electron chi connectivity index (χ2n) is 5.45. The molecule has 3 heterocycles. The third kappa shape index (κ3) is 2.41. The predicted octanol–water partition coefficient (Wildman–Crippen LogP) is 1.11. The fourth-order valence-electron chi connectivity index (χ4n) is 2.85. The number of nitrogens with one attached hydrogen (secondary N) is 2. The van der Waals surface area contributed by atoms with E-state index in [9.17, 15) is 9.18 Å². The van der Waals surface area contributed by atoms with Crippen molar-refractivity contribution in [3.63, 3.8) is 0 Å². The van der Waals surface area contributed by atoms with Gasteiger partial charge in [0.1, 0.15) is 11.2 Å². The van der Waals surface area contributed by atoms with Crippen molar-refractivity contribution in [3.8, 4) is 0 Å². The van der Waals surface area contributed by atoms with Crippen molar-refractivity contribution in [2.24, 2.45) is 0 Å². The molecule has 3 aromatic rings. The SMILES string of the molecule is O=c1[nH]c(N2CCN(c3ccccc3F)CC2)nc2[nH]ncc12. The van der Waals surface area contributed by atoms with Crippen LogP contribution < -0.4 is 15.4 Å². The van der Waals surface area contributed by atoms with E-state index < -0.39 is 0 Å². The molecule has 7 nitrogen and oxygen atoms in total. The molecule has 0 amide bonds. The Morgan fingerprint density at radius 1 is 1.09 bits per heavy atom. The van der Waals surface area contributed by atoms with Crippen LogP contribution in [0.25, 0.3) is 11.0 Å². The molecular formula is C15H15FN6O. The van der Waals surface area contributed by atoms with Gasteiger partial charge in [0.25, 0.3) is 5.56 Å². The first kappa shape index (κ1) is 13.7.